The number of non-ortho nitro benzene ring substituents is 1. The average Bonchev–Trinajstić information content (AvgIpc) is 3.17. The van der Waals surface area contributed by atoms with E-state index >= 15 is 0 Å². The van der Waals surface area contributed by atoms with Crippen LogP contribution in [-0.2, 0) is 4.79 Å². The number of aryl methyl sites for hydroxylation is 1. The maximum Gasteiger partial charge on any atom is 0.282 e. The Morgan fingerprint density at radius 2 is 1.90 bits per heavy atom. The fourth-order valence-corrected chi connectivity index (χ4v) is 2.93. The maximum atomic E-state index is 12.2. The van der Waals surface area contributed by atoms with Crippen LogP contribution >= 0.6 is 11.8 Å². The molecule has 3 rings (SSSR count). The van der Waals surface area contributed by atoms with E-state index in [9.17, 15) is 25.0 Å². The predicted molar refractivity (Wildman–Crippen MR) is 104 cm³/mol. The molecule has 12 heteroatoms. The number of nitro benzene ring substituents is 2. The van der Waals surface area contributed by atoms with Crippen LogP contribution < -0.4 is 5.32 Å². The van der Waals surface area contributed by atoms with Crippen molar-refractivity contribution in [2.75, 3.05) is 11.1 Å². The molecule has 0 aliphatic rings. The standard InChI is InChI=1S/C17H13N5O6S/c1-10-6-7-11(21(24)25)8-13(10)18-15(23)9-29-17-20-19-16(28-17)12-4-2-3-5-14(12)22(26)27/h2-8H,9H2,1H3,(H,18,23). The first kappa shape index (κ1) is 19.9. The normalized spacial score (nSPS) is 10.5. The number of para-hydroxylation sites is 1. The molecule has 0 aliphatic heterocycles. The van der Waals surface area contributed by atoms with E-state index in [-0.39, 0.29) is 33.8 Å². The lowest BCUT2D eigenvalue weighted by Gasteiger charge is -2.07. The lowest BCUT2D eigenvalue weighted by Crippen LogP contribution is -2.15. The van der Waals surface area contributed by atoms with Crippen molar-refractivity contribution >= 4 is 34.7 Å². The molecule has 1 aromatic heterocycles. The Balaban J connectivity index is 1.66. The Morgan fingerprint density at radius 1 is 1.14 bits per heavy atom. The molecule has 0 saturated heterocycles. The SMILES string of the molecule is Cc1ccc([N+](=O)[O-])cc1NC(=O)CSc1nnc(-c2ccccc2[N+](=O)[O-])o1. The van der Waals surface area contributed by atoms with Gasteiger partial charge in [-0.05, 0) is 18.6 Å². The van der Waals surface area contributed by atoms with Gasteiger partial charge in [0.15, 0.2) is 0 Å². The molecule has 29 heavy (non-hydrogen) atoms. The van der Waals surface area contributed by atoms with E-state index in [0.717, 1.165) is 11.8 Å². The third-order valence-electron chi connectivity index (χ3n) is 3.77. The summed E-state index contributed by atoms with van der Waals surface area (Å²) in [5.41, 5.74) is 0.867. The summed E-state index contributed by atoms with van der Waals surface area (Å²) in [4.78, 5) is 33.0. The highest BCUT2D eigenvalue weighted by Gasteiger charge is 2.20. The third kappa shape index (κ3) is 4.73. The lowest BCUT2D eigenvalue weighted by molar-refractivity contribution is -0.384. The van der Waals surface area contributed by atoms with Crippen molar-refractivity contribution in [3.63, 3.8) is 0 Å². The molecule has 0 spiro atoms. The molecule has 3 aromatic rings. The molecular weight excluding hydrogens is 402 g/mol. The van der Waals surface area contributed by atoms with Gasteiger partial charge in [0.25, 0.3) is 22.5 Å². The molecule has 0 aliphatic carbocycles. The van der Waals surface area contributed by atoms with E-state index < -0.39 is 15.8 Å². The predicted octanol–water partition coefficient (Wildman–Crippen LogP) is 3.59. The molecule has 0 radical (unpaired) electrons. The first-order valence-electron chi connectivity index (χ1n) is 8.10. The summed E-state index contributed by atoms with van der Waals surface area (Å²) in [6, 6.07) is 10.1. The zero-order valence-corrected chi connectivity index (χ0v) is 15.7. The highest BCUT2D eigenvalue weighted by molar-refractivity contribution is 7.99. The number of hydrogen-bond acceptors (Lipinski definition) is 9. The molecule has 148 valence electrons. The summed E-state index contributed by atoms with van der Waals surface area (Å²) in [6.45, 7) is 1.71. The Morgan fingerprint density at radius 3 is 2.62 bits per heavy atom. The van der Waals surface area contributed by atoms with Crippen LogP contribution in [0.25, 0.3) is 11.5 Å². The van der Waals surface area contributed by atoms with Crippen molar-refractivity contribution in [1.29, 1.82) is 0 Å². The number of nitrogens with zero attached hydrogens (tertiary/aromatic N) is 4. The van der Waals surface area contributed by atoms with Crippen LogP contribution in [0, 0.1) is 27.2 Å². The summed E-state index contributed by atoms with van der Waals surface area (Å²) >= 11 is 0.938. The molecule has 11 nitrogen and oxygen atoms in total. The van der Waals surface area contributed by atoms with Crippen molar-refractivity contribution < 1.29 is 19.1 Å². The first-order valence-corrected chi connectivity index (χ1v) is 9.08. The second-order valence-corrected chi connectivity index (χ2v) is 6.67. The van der Waals surface area contributed by atoms with Gasteiger partial charge in [-0.2, -0.15) is 0 Å². The van der Waals surface area contributed by atoms with Gasteiger partial charge in [-0.1, -0.05) is 30.0 Å². The van der Waals surface area contributed by atoms with Gasteiger partial charge < -0.3 is 9.73 Å². The molecule has 0 unspecified atom stereocenters. The second-order valence-electron chi connectivity index (χ2n) is 5.74. The second kappa shape index (κ2) is 8.48. The largest absolute Gasteiger partial charge is 0.411 e. The van der Waals surface area contributed by atoms with Crippen LogP contribution in [0.1, 0.15) is 5.56 Å². The van der Waals surface area contributed by atoms with Gasteiger partial charge in [-0.15, -0.1) is 10.2 Å². The van der Waals surface area contributed by atoms with E-state index in [1.54, 1.807) is 13.0 Å². The van der Waals surface area contributed by atoms with Crippen LogP contribution in [0.4, 0.5) is 17.1 Å². The van der Waals surface area contributed by atoms with Crippen LogP contribution in [-0.4, -0.2) is 31.7 Å². The smallest absolute Gasteiger partial charge is 0.282 e. The van der Waals surface area contributed by atoms with Crippen molar-refractivity contribution in [2.45, 2.75) is 12.1 Å². The fourth-order valence-electron chi connectivity index (χ4n) is 2.36. The number of amides is 1. The van der Waals surface area contributed by atoms with Gasteiger partial charge >= 0.3 is 0 Å². The van der Waals surface area contributed by atoms with Crippen LogP contribution in [0.15, 0.2) is 52.1 Å². The summed E-state index contributed by atoms with van der Waals surface area (Å²) in [6.07, 6.45) is 0. The number of benzene rings is 2. The first-order chi connectivity index (χ1) is 13.8. The van der Waals surface area contributed by atoms with E-state index in [2.05, 4.69) is 15.5 Å². The van der Waals surface area contributed by atoms with E-state index in [1.807, 2.05) is 0 Å². The number of rotatable bonds is 7. The summed E-state index contributed by atoms with van der Waals surface area (Å²) in [5.74, 6) is -0.556. The lowest BCUT2D eigenvalue weighted by atomic mass is 10.2. The molecule has 1 heterocycles. The van der Waals surface area contributed by atoms with Gasteiger partial charge in [0.2, 0.25) is 5.91 Å². The third-order valence-corrected chi connectivity index (χ3v) is 4.59. The minimum Gasteiger partial charge on any atom is -0.411 e. The summed E-state index contributed by atoms with van der Waals surface area (Å²) < 4.78 is 5.40. The van der Waals surface area contributed by atoms with Gasteiger partial charge in [0.05, 0.1) is 21.3 Å². The number of nitrogens with one attached hydrogen (secondary N) is 1. The Kier molecular flexibility index (Phi) is 5.83. The van der Waals surface area contributed by atoms with Crippen molar-refractivity contribution in [3.05, 3.63) is 68.3 Å². The number of anilines is 1. The maximum absolute atomic E-state index is 12.2. The Labute approximate surface area is 167 Å². The molecule has 1 N–H and O–H groups in total. The summed E-state index contributed by atoms with van der Waals surface area (Å²) in [7, 11) is 0. The van der Waals surface area contributed by atoms with Crippen molar-refractivity contribution in [3.8, 4) is 11.5 Å². The van der Waals surface area contributed by atoms with E-state index in [0.29, 0.717) is 11.3 Å². The number of thioether (sulfide) groups is 1. The number of nitro groups is 2. The molecule has 0 fully saturated rings. The van der Waals surface area contributed by atoms with Crippen molar-refractivity contribution in [2.24, 2.45) is 0 Å². The fraction of sp³-hybridized carbons (Fsp3) is 0.118. The van der Waals surface area contributed by atoms with Gasteiger partial charge in [-0.25, -0.2) is 0 Å². The Hall–Kier alpha value is -3.80. The van der Waals surface area contributed by atoms with Crippen LogP contribution in [0.5, 0.6) is 0 Å². The minimum absolute atomic E-state index is 0.0327. The number of hydrogen-bond donors (Lipinski definition) is 1. The molecule has 0 bridgehead atoms. The average molecular weight is 415 g/mol. The highest BCUT2D eigenvalue weighted by Crippen LogP contribution is 2.30. The van der Waals surface area contributed by atoms with Crippen molar-refractivity contribution in [1.82, 2.24) is 10.2 Å². The molecule has 0 saturated carbocycles. The van der Waals surface area contributed by atoms with E-state index in [1.165, 1.54) is 36.4 Å². The highest BCUT2D eigenvalue weighted by atomic mass is 32.2. The van der Waals surface area contributed by atoms with E-state index in [4.69, 9.17) is 4.42 Å². The zero-order valence-electron chi connectivity index (χ0n) is 14.9. The topological polar surface area (TPSA) is 154 Å². The number of carbonyl (C=O) groups excluding carboxylic acids is 1. The monoisotopic (exact) mass is 415 g/mol. The number of aromatic nitrogens is 2. The summed E-state index contributed by atoms with van der Waals surface area (Å²) in [5, 5.41) is 32.2. The van der Waals surface area contributed by atoms with Gasteiger partial charge in [0, 0.05) is 18.2 Å². The molecule has 0 atom stereocenters. The molecule has 2 aromatic carbocycles. The molecular formula is C17H13N5O6S. The Bertz CT molecular complexity index is 1100. The molecule has 1 amide bonds. The quantitative estimate of drug-likeness (QED) is 0.346. The van der Waals surface area contributed by atoms with Gasteiger partial charge in [0.1, 0.15) is 5.56 Å². The van der Waals surface area contributed by atoms with Gasteiger partial charge in [-0.3, -0.25) is 25.0 Å². The minimum atomic E-state index is -0.554. The van der Waals surface area contributed by atoms with Crippen LogP contribution in [0.2, 0.25) is 0 Å². The van der Waals surface area contributed by atoms with Crippen LogP contribution in [0.3, 0.4) is 0 Å². The number of carbonyl (C=O) groups is 1. The zero-order chi connectivity index (χ0) is 21.0.